The van der Waals surface area contributed by atoms with Crippen molar-refractivity contribution >= 4 is 50.1 Å². The van der Waals surface area contributed by atoms with Crippen LogP contribution in [0.1, 0.15) is 39.2 Å². The van der Waals surface area contributed by atoms with E-state index in [1.165, 1.54) is 16.9 Å². The number of halogens is 1. The van der Waals surface area contributed by atoms with Crippen LogP contribution >= 0.6 is 27.3 Å². The molecule has 0 fully saturated rings. The van der Waals surface area contributed by atoms with Gasteiger partial charge in [0.1, 0.15) is 5.00 Å². The van der Waals surface area contributed by atoms with Crippen LogP contribution in [-0.4, -0.2) is 12.1 Å². The maximum absolute atomic E-state index is 13.0. The number of para-hydroxylation sites is 1. The molecule has 3 aromatic rings. The number of benzene rings is 2. The Bertz CT molecular complexity index is 978. The van der Waals surface area contributed by atoms with Crippen molar-refractivity contribution in [3.05, 3.63) is 80.6 Å². The van der Waals surface area contributed by atoms with Crippen LogP contribution in [0.15, 0.2) is 64.1 Å². The van der Waals surface area contributed by atoms with Gasteiger partial charge in [0, 0.05) is 21.3 Å². The second kappa shape index (κ2) is 8.19. The maximum Gasteiger partial charge on any atom is 0.259 e. The molecule has 0 unspecified atom stereocenters. The number of thiophene rings is 1. The normalized spacial score (nSPS) is 13.5. The number of nitrogens with zero attached hydrogens (tertiary/aromatic N) is 1. The molecule has 5 heteroatoms. The Balaban J connectivity index is 1.67. The topological polar surface area (TPSA) is 41.5 Å². The Morgan fingerprint density at radius 1 is 1.04 bits per heavy atom. The van der Waals surface area contributed by atoms with E-state index in [0.717, 1.165) is 45.6 Å². The van der Waals surface area contributed by atoms with Crippen molar-refractivity contribution in [2.75, 3.05) is 5.32 Å². The van der Waals surface area contributed by atoms with E-state index in [9.17, 15) is 4.79 Å². The highest BCUT2D eigenvalue weighted by Crippen LogP contribution is 2.40. The van der Waals surface area contributed by atoms with E-state index in [4.69, 9.17) is 4.99 Å². The molecule has 0 atom stereocenters. The molecular formula is C22H19BrN2OS. The van der Waals surface area contributed by atoms with Crippen LogP contribution in [0.3, 0.4) is 0 Å². The lowest BCUT2D eigenvalue weighted by Gasteiger charge is -2.12. The fraction of sp³-hybridized carbons (Fsp3) is 0.182. The van der Waals surface area contributed by atoms with Crippen molar-refractivity contribution < 1.29 is 4.79 Å². The van der Waals surface area contributed by atoms with Gasteiger partial charge >= 0.3 is 0 Å². The summed E-state index contributed by atoms with van der Waals surface area (Å²) in [5.74, 6) is -0.0662. The van der Waals surface area contributed by atoms with E-state index >= 15 is 0 Å². The predicted molar refractivity (Wildman–Crippen MR) is 117 cm³/mol. The van der Waals surface area contributed by atoms with Crippen LogP contribution in [0.25, 0.3) is 0 Å². The van der Waals surface area contributed by atoms with Gasteiger partial charge < -0.3 is 5.32 Å². The number of carbonyl (C=O) groups is 1. The van der Waals surface area contributed by atoms with Gasteiger partial charge in [-0.25, -0.2) is 4.99 Å². The van der Waals surface area contributed by atoms with Crippen molar-refractivity contribution in [2.45, 2.75) is 25.7 Å². The molecule has 0 radical (unpaired) electrons. The highest BCUT2D eigenvalue weighted by atomic mass is 79.9. The summed E-state index contributed by atoms with van der Waals surface area (Å²) >= 11 is 5.10. The third kappa shape index (κ3) is 4.20. The SMILES string of the molecule is O=C(Nc1ccccc1)c1c(N=Cc2ccc(Br)cc2)sc2c1CCCC2. The van der Waals surface area contributed by atoms with Crippen molar-refractivity contribution in [1.82, 2.24) is 0 Å². The molecule has 27 heavy (non-hydrogen) atoms. The van der Waals surface area contributed by atoms with Crippen LogP contribution in [0.2, 0.25) is 0 Å². The summed E-state index contributed by atoms with van der Waals surface area (Å²) in [6.07, 6.45) is 6.15. The lowest BCUT2D eigenvalue weighted by molar-refractivity contribution is 0.102. The lowest BCUT2D eigenvalue weighted by atomic mass is 9.95. The maximum atomic E-state index is 13.0. The zero-order chi connectivity index (χ0) is 18.6. The molecule has 0 bridgehead atoms. The summed E-state index contributed by atoms with van der Waals surface area (Å²) in [4.78, 5) is 19.0. The van der Waals surface area contributed by atoms with Crippen molar-refractivity contribution in [2.24, 2.45) is 4.99 Å². The molecule has 1 N–H and O–H groups in total. The monoisotopic (exact) mass is 438 g/mol. The molecule has 2 aromatic carbocycles. The number of anilines is 1. The molecule has 1 aromatic heterocycles. The molecule has 4 rings (SSSR count). The summed E-state index contributed by atoms with van der Waals surface area (Å²) in [5.41, 5.74) is 3.75. The van der Waals surface area contributed by atoms with Gasteiger partial charge in [-0.15, -0.1) is 11.3 Å². The quantitative estimate of drug-likeness (QED) is 0.470. The minimum absolute atomic E-state index is 0.0662. The number of hydrogen-bond acceptors (Lipinski definition) is 3. The molecule has 0 aliphatic heterocycles. The minimum Gasteiger partial charge on any atom is -0.322 e. The van der Waals surface area contributed by atoms with Gasteiger partial charge in [-0.2, -0.15) is 0 Å². The molecule has 0 saturated carbocycles. The van der Waals surface area contributed by atoms with Crippen molar-refractivity contribution in [3.8, 4) is 0 Å². The number of nitrogens with one attached hydrogen (secondary N) is 1. The molecule has 1 heterocycles. The van der Waals surface area contributed by atoms with Gasteiger partial charge in [0.15, 0.2) is 0 Å². The second-order valence-corrected chi connectivity index (χ2v) is 8.52. The van der Waals surface area contributed by atoms with Crippen LogP contribution < -0.4 is 5.32 Å². The highest BCUT2D eigenvalue weighted by molar-refractivity contribution is 9.10. The predicted octanol–water partition coefficient (Wildman–Crippen LogP) is 6.39. The fourth-order valence-electron chi connectivity index (χ4n) is 3.27. The van der Waals surface area contributed by atoms with Gasteiger partial charge in [-0.05, 0) is 61.1 Å². The van der Waals surface area contributed by atoms with Gasteiger partial charge in [-0.3, -0.25) is 4.79 Å². The number of fused-ring (bicyclic) bond motifs is 1. The Labute approximate surface area is 171 Å². The third-order valence-corrected chi connectivity index (χ3v) is 6.34. The number of rotatable bonds is 4. The Morgan fingerprint density at radius 2 is 1.78 bits per heavy atom. The molecular weight excluding hydrogens is 420 g/mol. The smallest absolute Gasteiger partial charge is 0.259 e. The zero-order valence-electron chi connectivity index (χ0n) is 14.7. The molecule has 1 aliphatic carbocycles. The summed E-state index contributed by atoms with van der Waals surface area (Å²) in [6, 6.07) is 17.6. The van der Waals surface area contributed by atoms with Crippen molar-refractivity contribution in [3.63, 3.8) is 0 Å². The molecule has 1 aliphatic rings. The van der Waals surface area contributed by atoms with E-state index in [1.54, 1.807) is 11.3 Å². The Hall–Kier alpha value is -2.24. The zero-order valence-corrected chi connectivity index (χ0v) is 17.1. The summed E-state index contributed by atoms with van der Waals surface area (Å²) in [6.45, 7) is 0. The Morgan fingerprint density at radius 3 is 2.56 bits per heavy atom. The summed E-state index contributed by atoms with van der Waals surface area (Å²) < 4.78 is 1.04. The molecule has 0 spiro atoms. The van der Waals surface area contributed by atoms with Gasteiger partial charge in [-0.1, -0.05) is 46.3 Å². The standard InChI is InChI=1S/C22H19BrN2OS/c23-16-12-10-15(11-13-16)14-24-22-20(18-8-4-5-9-19(18)27-22)21(26)25-17-6-2-1-3-7-17/h1-3,6-7,10-14H,4-5,8-9H2,(H,25,26). The minimum atomic E-state index is -0.0662. The van der Waals surface area contributed by atoms with Gasteiger partial charge in [0.2, 0.25) is 0 Å². The third-order valence-electron chi connectivity index (χ3n) is 4.61. The summed E-state index contributed by atoms with van der Waals surface area (Å²) in [7, 11) is 0. The first kappa shape index (κ1) is 18.1. The second-order valence-electron chi connectivity index (χ2n) is 6.52. The fourth-order valence-corrected chi connectivity index (χ4v) is 4.77. The van der Waals surface area contributed by atoms with Crippen molar-refractivity contribution in [1.29, 1.82) is 0 Å². The Kier molecular flexibility index (Phi) is 5.50. The largest absolute Gasteiger partial charge is 0.322 e. The van der Waals surface area contributed by atoms with Crippen LogP contribution in [0.4, 0.5) is 10.7 Å². The van der Waals surface area contributed by atoms with E-state index < -0.39 is 0 Å². The van der Waals surface area contributed by atoms with E-state index in [2.05, 4.69) is 21.2 Å². The molecule has 3 nitrogen and oxygen atoms in total. The number of hydrogen-bond donors (Lipinski definition) is 1. The van der Waals surface area contributed by atoms with Gasteiger partial charge in [0.25, 0.3) is 5.91 Å². The molecule has 0 saturated heterocycles. The van der Waals surface area contributed by atoms with E-state index in [1.807, 2.05) is 60.8 Å². The lowest BCUT2D eigenvalue weighted by Crippen LogP contribution is -2.14. The number of aliphatic imine (C=N–C) groups is 1. The first-order valence-electron chi connectivity index (χ1n) is 9.01. The number of amides is 1. The first-order chi connectivity index (χ1) is 13.2. The van der Waals surface area contributed by atoms with Crippen LogP contribution in [0, 0.1) is 0 Å². The number of aryl methyl sites for hydroxylation is 1. The van der Waals surface area contributed by atoms with Crippen LogP contribution in [-0.2, 0) is 12.8 Å². The molecule has 136 valence electrons. The van der Waals surface area contributed by atoms with Gasteiger partial charge in [0.05, 0.1) is 5.56 Å². The number of carbonyl (C=O) groups excluding carboxylic acids is 1. The van der Waals surface area contributed by atoms with E-state index in [-0.39, 0.29) is 5.91 Å². The summed E-state index contributed by atoms with van der Waals surface area (Å²) in [5, 5.41) is 3.83. The van der Waals surface area contributed by atoms with E-state index in [0.29, 0.717) is 0 Å². The average Bonchev–Trinajstić information content (AvgIpc) is 3.07. The average molecular weight is 439 g/mol. The first-order valence-corrected chi connectivity index (χ1v) is 10.6. The van der Waals surface area contributed by atoms with Crippen LogP contribution in [0.5, 0.6) is 0 Å². The highest BCUT2D eigenvalue weighted by Gasteiger charge is 2.25. The molecule has 1 amide bonds.